The molecule has 0 aliphatic heterocycles. The molecule has 6 nitrogen and oxygen atoms in total. The lowest BCUT2D eigenvalue weighted by molar-refractivity contribution is -0.140. The van der Waals surface area contributed by atoms with Crippen molar-refractivity contribution in [3.8, 4) is 0 Å². The van der Waals surface area contributed by atoms with Crippen molar-refractivity contribution < 1.29 is 54.9 Å². The summed E-state index contributed by atoms with van der Waals surface area (Å²) in [6, 6.07) is 6.11. The van der Waals surface area contributed by atoms with Gasteiger partial charge in [0.05, 0.1) is 35.5 Å². The first-order valence-corrected chi connectivity index (χ1v) is 11.0. The van der Waals surface area contributed by atoms with Gasteiger partial charge in [0.15, 0.2) is 0 Å². The highest BCUT2D eigenvalue weighted by Gasteiger charge is 2.32. The molecule has 2 aromatic carbocycles. The van der Waals surface area contributed by atoms with E-state index in [0.29, 0.717) is 24.3 Å². The number of halogens is 6. The van der Waals surface area contributed by atoms with E-state index in [-0.39, 0.29) is 29.9 Å². The summed E-state index contributed by atoms with van der Waals surface area (Å²) in [5.41, 5.74) is -3.32. The number of carbonyl (C=O) groups is 3. The van der Waals surface area contributed by atoms with Crippen molar-refractivity contribution in [3.05, 3.63) is 88.5 Å². The zero-order valence-corrected chi connectivity index (χ0v) is 20.2. The van der Waals surface area contributed by atoms with Crippen molar-refractivity contribution >= 4 is 23.7 Å². The summed E-state index contributed by atoms with van der Waals surface area (Å²) in [4.78, 5) is 37.8. The average Bonchev–Trinajstić information content (AvgIpc) is 2.85. The molecule has 0 radical (unpaired) electrons. The number of benzene rings is 2. The van der Waals surface area contributed by atoms with Crippen LogP contribution in [-0.4, -0.2) is 31.1 Å². The molecule has 0 amide bonds. The normalized spacial score (nSPS) is 12.3. The van der Waals surface area contributed by atoms with Gasteiger partial charge < -0.3 is 14.2 Å². The zero-order valence-electron chi connectivity index (χ0n) is 20.2. The number of alkyl halides is 6. The first-order valence-electron chi connectivity index (χ1n) is 11.0. The largest absolute Gasteiger partial charge is 0.463 e. The molecule has 0 saturated carbocycles. The van der Waals surface area contributed by atoms with Gasteiger partial charge in [0.2, 0.25) is 0 Å². The van der Waals surface area contributed by atoms with Gasteiger partial charge in [-0.15, -0.1) is 0 Å². The average molecular weight is 544 g/mol. The van der Waals surface area contributed by atoms with Crippen LogP contribution in [0.2, 0.25) is 0 Å². The fourth-order valence-electron chi connectivity index (χ4n) is 3.03. The summed E-state index contributed by atoms with van der Waals surface area (Å²) in [6.07, 6.45) is -9.94. The third-order valence-corrected chi connectivity index (χ3v) is 4.87. The lowest BCUT2D eigenvalue weighted by Gasteiger charge is -2.17. The second kappa shape index (κ2) is 12.4. The molecule has 12 heteroatoms. The Kier molecular flexibility index (Phi) is 9.86. The molecule has 0 N–H and O–H groups in total. The number of carbonyl (C=O) groups excluding carboxylic acids is 3. The molecule has 0 spiro atoms. The van der Waals surface area contributed by atoms with Gasteiger partial charge in [0.25, 0.3) is 0 Å². The Morgan fingerprint density at radius 2 is 1.13 bits per heavy atom. The molecule has 204 valence electrons. The Balaban J connectivity index is 2.63. The van der Waals surface area contributed by atoms with Crippen LogP contribution in [0.4, 0.5) is 26.3 Å². The van der Waals surface area contributed by atoms with Crippen LogP contribution in [0.1, 0.15) is 47.3 Å². The highest BCUT2D eigenvalue weighted by atomic mass is 19.4. The minimum atomic E-state index is -4.69. The summed E-state index contributed by atoms with van der Waals surface area (Å²) in [6.45, 7) is 6.34. The van der Waals surface area contributed by atoms with Gasteiger partial charge in [0.1, 0.15) is 5.76 Å². The van der Waals surface area contributed by atoms with Crippen LogP contribution in [0.5, 0.6) is 0 Å². The van der Waals surface area contributed by atoms with E-state index in [9.17, 15) is 40.7 Å². The molecule has 0 atom stereocenters. The predicted octanol–water partition coefficient (Wildman–Crippen LogP) is 6.36. The minimum absolute atomic E-state index is 0.0228. The molecule has 0 bridgehead atoms. The van der Waals surface area contributed by atoms with Crippen molar-refractivity contribution in [1.29, 1.82) is 0 Å². The van der Waals surface area contributed by atoms with Gasteiger partial charge in [-0.3, -0.25) is 0 Å². The van der Waals surface area contributed by atoms with Crippen molar-refractivity contribution in [2.75, 3.05) is 13.2 Å². The second-order valence-corrected chi connectivity index (χ2v) is 7.57. The van der Waals surface area contributed by atoms with Crippen LogP contribution < -0.4 is 0 Å². The maximum atomic E-state index is 13.1. The Bertz CT molecular complexity index is 1210. The van der Waals surface area contributed by atoms with E-state index in [1.165, 1.54) is 13.8 Å². The van der Waals surface area contributed by atoms with Gasteiger partial charge in [-0.2, -0.15) is 26.3 Å². The standard InChI is InChI=1S/C26H22F6O6/c1-4-36-22(33)15(3)14-20(24(35)37-5-2)21(16-6-10-18(11-7-16)25(27,28)29)38-23(34)17-8-12-19(13-9-17)26(30,31)32/h6-13H,3-5,14H2,1-2H3/b21-20-. The first-order chi connectivity index (χ1) is 17.7. The Morgan fingerprint density at radius 1 is 0.711 bits per heavy atom. The van der Waals surface area contributed by atoms with Gasteiger partial charge >= 0.3 is 30.3 Å². The van der Waals surface area contributed by atoms with Crippen molar-refractivity contribution in [3.63, 3.8) is 0 Å². The van der Waals surface area contributed by atoms with Gasteiger partial charge in [-0.05, 0) is 50.2 Å². The van der Waals surface area contributed by atoms with Gasteiger partial charge in [-0.1, -0.05) is 18.7 Å². The van der Waals surface area contributed by atoms with E-state index in [0.717, 1.165) is 24.3 Å². The number of hydrogen-bond acceptors (Lipinski definition) is 6. The smallest absolute Gasteiger partial charge is 0.416 e. The van der Waals surface area contributed by atoms with E-state index in [1.807, 2.05) is 0 Å². The molecule has 38 heavy (non-hydrogen) atoms. The Hall–Kier alpha value is -4.09. The van der Waals surface area contributed by atoms with Crippen LogP contribution in [0.25, 0.3) is 5.76 Å². The zero-order chi connectivity index (χ0) is 28.7. The minimum Gasteiger partial charge on any atom is -0.463 e. The van der Waals surface area contributed by atoms with E-state index in [2.05, 4.69) is 6.58 Å². The van der Waals surface area contributed by atoms with E-state index < -0.39 is 59.1 Å². The van der Waals surface area contributed by atoms with Gasteiger partial charge in [0, 0.05) is 17.6 Å². The molecule has 0 aromatic heterocycles. The summed E-state index contributed by atoms with van der Waals surface area (Å²) < 4.78 is 93.0. The van der Waals surface area contributed by atoms with Crippen LogP contribution >= 0.6 is 0 Å². The number of rotatable bonds is 9. The molecular formula is C26H22F6O6. The maximum Gasteiger partial charge on any atom is 0.416 e. The molecule has 0 saturated heterocycles. The molecule has 2 aromatic rings. The molecule has 0 fully saturated rings. The molecule has 2 rings (SSSR count). The van der Waals surface area contributed by atoms with Crippen molar-refractivity contribution in [2.24, 2.45) is 0 Å². The summed E-state index contributed by atoms with van der Waals surface area (Å²) in [5, 5.41) is 0. The summed E-state index contributed by atoms with van der Waals surface area (Å²) >= 11 is 0. The number of esters is 3. The monoisotopic (exact) mass is 544 g/mol. The van der Waals surface area contributed by atoms with Crippen LogP contribution in [-0.2, 0) is 36.2 Å². The lowest BCUT2D eigenvalue weighted by atomic mass is 10.0. The van der Waals surface area contributed by atoms with Gasteiger partial charge in [-0.25, -0.2) is 14.4 Å². The van der Waals surface area contributed by atoms with E-state index in [4.69, 9.17) is 14.2 Å². The lowest BCUT2D eigenvalue weighted by Crippen LogP contribution is -2.17. The number of hydrogen-bond donors (Lipinski definition) is 0. The number of ether oxygens (including phenoxy) is 3. The quantitative estimate of drug-likeness (QED) is 0.120. The molecule has 0 unspecified atom stereocenters. The highest BCUT2D eigenvalue weighted by Crippen LogP contribution is 2.33. The summed E-state index contributed by atoms with van der Waals surface area (Å²) in [7, 11) is 0. The topological polar surface area (TPSA) is 78.9 Å². The Labute approximate surface area is 213 Å². The molecule has 0 heterocycles. The third-order valence-electron chi connectivity index (χ3n) is 4.87. The molecular weight excluding hydrogens is 522 g/mol. The van der Waals surface area contributed by atoms with Crippen molar-refractivity contribution in [1.82, 2.24) is 0 Å². The van der Waals surface area contributed by atoms with Crippen LogP contribution in [0.15, 0.2) is 66.3 Å². The second-order valence-electron chi connectivity index (χ2n) is 7.57. The fourth-order valence-corrected chi connectivity index (χ4v) is 3.03. The Morgan fingerprint density at radius 3 is 1.55 bits per heavy atom. The van der Waals surface area contributed by atoms with Crippen LogP contribution in [0.3, 0.4) is 0 Å². The first kappa shape index (κ1) is 30.1. The van der Waals surface area contributed by atoms with Crippen LogP contribution in [0, 0.1) is 0 Å². The predicted molar refractivity (Wildman–Crippen MR) is 122 cm³/mol. The molecule has 0 aliphatic rings. The SMILES string of the molecule is C=C(C/C(C(=O)OCC)=C(/OC(=O)c1ccc(C(F)(F)F)cc1)c1ccc(C(F)(F)F)cc1)C(=O)OCC. The summed E-state index contributed by atoms with van der Waals surface area (Å²) in [5.74, 6) is -3.77. The third kappa shape index (κ3) is 7.95. The van der Waals surface area contributed by atoms with Crippen molar-refractivity contribution in [2.45, 2.75) is 32.6 Å². The van der Waals surface area contributed by atoms with E-state index in [1.54, 1.807) is 0 Å². The highest BCUT2D eigenvalue weighted by molar-refractivity contribution is 6.02. The maximum absolute atomic E-state index is 13.1. The molecule has 0 aliphatic carbocycles. The fraction of sp³-hybridized carbons (Fsp3) is 0.269. The van der Waals surface area contributed by atoms with E-state index >= 15 is 0 Å².